The Morgan fingerprint density at radius 2 is 1.56 bits per heavy atom. The van der Waals surface area contributed by atoms with Crippen LogP contribution in [0.2, 0.25) is 0 Å². The van der Waals surface area contributed by atoms with Crippen LogP contribution in [0.3, 0.4) is 0 Å². The second-order valence-corrected chi connectivity index (χ2v) is 7.82. The van der Waals surface area contributed by atoms with Crippen molar-refractivity contribution in [1.29, 1.82) is 0 Å². The van der Waals surface area contributed by atoms with Crippen molar-refractivity contribution < 1.29 is 29.3 Å². The standard InChI is InChI=1S/C25H28O7/c1-2-3-4-5-6-7-8-9-21(29)32-25-23(30)22-19(28)14-18(27)15-20(22)31-24(25)16-10-12-17(26)13-11-16/h10-15,26-28H,2-9H2,1H3. The number of hydrogen-bond acceptors (Lipinski definition) is 7. The Morgan fingerprint density at radius 1 is 0.906 bits per heavy atom. The molecule has 2 aromatic carbocycles. The smallest absolute Gasteiger partial charge is 0.311 e. The van der Waals surface area contributed by atoms with Gasteiger partial charge in [-0.3, -0.25) is 9.59 Å². The number of carbonyl (C=O) groups excluding carboxylic acids is 1. The van der Waals surface area contributed by atoms with E-state index in [1.54, 1.807) is 0 Å². The van der Waals surface area contributed by atoms with Gasteiger partial charge in [-0.25, -0.2) is 0 Å². The van der Waals surface area contributed by atoms with E-state index >= 15 is 0 Å². The molecule has 3 aromatic rings. The fraction of sp³-hybridized carbons (Fsp3) is 0.360. The van der Waals surface area contributed by atoms with Crippen molar-refractivity contribution in [1.82, 2.24) is 0 Å². The van der Waals surface area contributed by atoms with Crippen LogP contribution in [0.5, 0.6) is 23.0 Å². The van der Waals surface area contributed by atoms with Gasteiger partial charge in [0.05, 0.1) is 0 Å². The fourth-order valence-corrected chi connectivity index (χ4v) is 3.56. The average Bonchev–Trinajstić information content (AvgIpc) is 2.75. The predicted molar refractivity (Wildman–Crippen MR) is 121 cm³/mol. The number of ether oxygens (including phenoxy) is 1. The topological polar surface area (TPSA) is 117 Å². The summed E-state index contributed by atoms with van der Waals surface area (Å²) in [5, 5.41) is 29.3. The quantitative estimate of drug-likeness (QED) is 0.276. The van der Waals surface area contributed by atoms with Crippen molar-refractivity contribution in [2.75, 3.05) is 0 Å². The van der Waals surface area contributed by atoms with E-state index in [0.29, 0.717) is 12.0 Å². The van der Waals surface area contributed by atoms with E-state index in [1.807, 2.05) is 0 Å². The van der Waals surface area contributed by atoms with Gasteiger partial charge in [0.1, 0.15) is 28.2 Å². The first-order chi connectivity index (χ1) is 15.4. The molecule has 0 amide bonds. The zero-order chi connectivity index (χ0) is 23.1. The van der Waals surface area contributed by atoms with Crippen LogP contribution >= 0.6 is 0 Å². The highest BCUT2D eigenvalue weighted by molar-refractivity contribution is 5.89. The van der Waals surface area contributed by atoms with Gasteiger partial charge in [0.2, 0.25) is 11.2 Å². The van der Waals surface area contributed by atoms with Gasteiger partial charge in [-0.15, -0.1) is 0 Å². The molecule has 0 bridgehead atoms. The summed E-state index contributed by atoms with van der Waals surface area (Å²) in [5.74, 6) is -1.67. The zero-order valence-electron chi connectivity index (χ0n) is 18.1. The van der Waals surface area contributed by atoms with Crippen LogP contribution in [-0.2, 0) is 4.79 Å². The van der Waals surface area contributed by atoms with Crippen LogP contribution in [0, 0.1) is 0 Å². The molecule has 0 atom stereocenters. The highest BCUT2D eigenvalue weighted by Gasteiger charge is 2.22. The largest absolute Gasteiger partial charge is 0.508 e. The van der Waals surface area contributed by atoms with Crippen molar-refractivity contribution >= 4 is 16.9 Å². The maximum Gasteiger partial charge on any atom is 0.311 e. The molecule has 1 aromatic heterocycles. The van der Waals surface area contributed by atoms with Crippen molar-refractivity contribution in [3.8, 4) is 34.3 Å². The normalized spacial score (nSPS) is 11.0. The summed E-state index contributed by atoms with van der Waals surface area (Å²) in [6.07, 6.45) is 7.46. The number of aromatic hydroxyl groups is 3. The molecule has 0 aliphatic heterocycles. The van der Waals surface area contributed by atoms with Crippen LogP contribution in [0.25, 0.3) is 22.3 Å². The minimum absolute atomic E-state index is 0.0182. The number of phenolic OH excluding ortho intramolecular Hbond substituents is 3. The van der Waals surface area contributed by atoms with Gasteiger partial charge < -0.3 is 24.5 Å². The lowest BCUT2D eigenvalue weighted by Gasteiger charge is -2.11. The van der Waals surface area contributed by atoms with Gasteiger partial charge in [-0.1, -0.05) is 45.4 Å². The summed E-state index contributed by atoms with van der Waals surface area (Å²) < 4.78 is 11.2. The summed E-state index contributed by atoms with van der Waals surface area (Å²) >= 11 is 0. The summed E-state index contributed by atoms with van der Waals surface area (Å²) in [6.45, 7) is 2.16. The lowest BCUT2D eigenvalue weighted by atomic mass is 10.1. The first-order valence-electron chi connectivity index (χ1n) is 10.9. The van der Waals surface area contributed by atoms with Crippen LogP contribution in [0.1, 0.15) is 58.3 Å². The maximum absolute atomic E-state index is 13.1. The number of fused-ring (bicyclic) bond motifs is 1. The fourth-order valence-electron chi connectivity index (χ4n) is 3.56. The molecule has 3 N–H and O–H groups in total. The van der Waals surface area contributed by atoms with Gasteiger partial charge in [0, 0.05) is 24.1 Å². The molecule has 0 radical (unpaired) electrons. The van der Waals surface area contributed by atoms with Gasteiger partial charge in [-0.05, 0) is 30.7 Å². The minimum atomic E-state index is -0.722. The highest BCUT2D eigenvalue weighted by atomic mass is 16.5. The number of phenols is 3. The highest BCUT2D eigenvalue weighted by Crippen LogP contribution is 2.36. The number of carbonyl (C=O) groups is 1. The third kappa shape index (κ3) is 5.60. The molecule has 0 aliphatic rings. The predicted octanol–water partition coefficient (Wildman–Crippen LogP) is 5.62. The van der Waals surface area contributed by atoms with E-state index in [-0.39, 0.29) is 40.4 Å². The summed E-state index contributed by atoms with van der Waals surface area (Å²) in [4.78, 5) is 25.6. The van der Waals surface area contributed by atoms with E-state index in [1.165, 1.54) is 49.6 Å². The summed E-state index contributed by atoms with van der Waals surface area (Å²) in [6, 6.07) is 8.05. The first-order valence-corrected chi connectivity index (χ1v) is 10.9. The zero-order valence-corrected chi connectivity index (χ0v) is 18.1. The number of benzene rings is 2. The van der Waals surface area contributed by atoms with Crippen LogP contribution < -0.4 is 10.2 Å². The molecule has 0 aliphatic carbocycles. The van der Waals surface area contributed by atoms with E-state index in [2.05, 4.69) is 6.92 Å². The molecule has 0 fully saturated rings. The van der Waals surface area contributed by atoms with E-state index in [0.717, 1.165) is 25.3 Å². The SMILES string of the molecule is CCCCCCCCCC(=O)Oc1c(-c2ccc(O)cc2)oc2cc(O)cc(O)c2c1=O. The molecule has 1 heterocycles. The maximum atomic E-state index is 13.1. The van der Waals surface area contributed by atoms with Crippen molar-refractivity contribution in [3.63, 3.8) is 0 Å². The average molecular weight is 440 g/mol. The first kappa shape index (κ1) is 23.2. The Bertz CT molecular complexity index is 1130. The summed E-state index contributed by atoms with van der Waals surface area (Å²) in [7, 11) is 0. The second-order valence-electron chi connectivity index (χ2n) is 7.82. The lowest BCUT2D eigenvalue weighted by molar-refractivity contribution is -0.134. The summed E-state index contributed by atoms with van der Waals surface area (Å²) in [5.41, 5.74) is -0.384. The Labute approximate surface area is 185 Å². The van der Waals surface area contributed by atoms with E-state index < -0.39 is 17.1 Å². The number of esters is 1. The Balaban J connectivity index is 1.86. The van der Waals surface area contributed by atoms with Crippen molar-refractivity contribution in [2.45, 2.75) is 58.3 Å². The molecular formula is C25H28O7. The molecule has 170 valence electrons. The molecule has 0 saturated heterocycles. The molecule has 32 heavy (non-hydrogen) atoms. The Hall–Kier alpha value is -3.48. The number of hydrogen-bond donors (Lipinski definition) is 3. The van der Waals surface area contributed by atoms with E-state index in [4.69, 9.17) is 9.15 Å². The molecule has 7 nitrogen and oxygen atoms in total. The molecule has 0 spiro atoms. The van der Waals surface area contributed by atoms with Crippen LogP contribution in [0.4, 0.5) is 0 Å². The second kappa shape index (κ2) is 10.7. The third-order valence-electron chi connectivity index (χ3n) is 5.25. The number of unbranched alkanes of at least 4 members (excludes halogenated alkanes) is 6. The Morgan fingerprint density at radius 3 is 2.25 bits per heavy atom. The molecule has 0 unspecified atom stereocenters. The molecular weight excluding hydrogens is 412 g/mol. The van der Waals surface area contributed by atoms with Gasteiger partial charge in [0.15, 0.2) is 5.76 Å². The monoisotopic (exact) mass is 440 g/mol. The number of rotatable bonds is 10. The van der Waals surface area contributed by atoms with Gasteiger partial charge in [0.25, 0.3) is 0 Å². The molecule has 0 saturated carbocycles. The van der Waals surface area contributed by atoms with E-state index in [9.17, 15) is 24.9 Å². The minimum Gasteiger partial charge on any atom is -0.508 e. The van der Waals surface area contributed by atoms with Gasteiger partial charge >= 0.3 is 5.97 Å². The van der Waals surface area contributed by atoms with Crippen LogP contribution in [-0.4, -0.2) is 21.3 Å². The van der Waals surface area contributed by atoms with Crippen molar-refractivity contribution in [3.05, 3.63) is 46.6 Å². The molecule has 3 rings (SSSR count). The van der Waals surface area contributed by atoms with Crippen molar-refractivity contribution in [2.24, 2.45) is 0 Å². The lowest BCUT2D eigenvalue weighted by Crippen LogP contribution is -2.16. The van der Waals surface area contributed by atoms with Gasteiger partial charge in [-0.2, -0.15) is 0 Å². The molecule has 7 heteroatoms. The van der Waals surface area contributed by atoms with Crippen LogP contribution in [0.15, 0.2) is 45.6 Å². The third-order valence-corrected chi connectivity index (χ3v) is 5.25. The Kier molecular flexibility index (Phi) is 7.76.